The molecule has 0 saturated heterocycles. The number of furan rings is 1. The smallest absolute Gasteiger partial charge is 0.339 e. The predicted molar refractivity (Wildman–Crippen MR) is 77.3 cm³/mol. The van der Waals surface area contributed by atoms with E-state index < -0.39 is 5.97 Å². The van der Waals surface area contributed by atoms with Crippen LogP contribution in [0.15, 0.2) is 40.9 Å². The van der Waals surface area contributed by atoms with Crippen molar-refractivity contribution in [2.75, 3.05) is 5.32 Å². The van der Waals surface area contributed by atoms with Gasteiger partial charge in [-0.15, -0.1) is 0 Å². The Morgan fingerprint density at radius 2 is 2.19 bits per heavy atom. The number of hydrogen-bond donors (Lipinski definition) is 2. The van der Waals surface area contributed by atoms with E-state index in [4.69, 9.17) is 9.52 Å². The van der Waals surface area contributed by atoms with Crippen LogP contribution in [0.2, 0.25) is 0 Å². The number of carbonyl (C=O) groups is 1. The normalized spacial score (nSPS) is 10.7. The standard InChI is InChI=1S/C15H13N3O3/c1-9-12(14(19)20)6-11(21-9)8-17-15-16-7-10-4-2-3-5-13(10)18-15/h2-7H,8H2,1H3,(H,19,20)(H,16,17,18). The minimum absolute atomic E-state index is 0.172. The third-order valence-electron chi connectivity index (χ3n) is 3.11. The van der Waals surface area contributed by atoms with Crippen molar-refractivity contribution in [3.63, 3.8) is 0 Å². The summed E-state index contributed by atoms with van der Waals surface area (Å²) >= 11 is 0. The van der Waals surface area contributed by atoms with E-state index in [9.17, 15) is 4.79 Å². The summed E-state index contributed by atoms with van der Waals surface area (Å²) in [5, 5.41) is 13.0. The number of nitrogens with one attached hydrogen (secondary N) is 1. The fourth-order valence-corrected chi connectivity index (χ4v) is 2.07. The largest absolute Gasteiger partial charge is 0.478 e. The second-order valence-electron chi connectivity index (χ2n) is 4.59. The molecule has 0 spiro atoms. The van der Waals surface area contributed by atoms with Gasteiger partial charge in [-0.3, -0.25) is 0 Å². The molecule has 0 atom stereocenters. The molecule has 3 rings (SSSR count). The molecular weight excluding hydrogens is 270 g/mol. The molecule has 0 unspecified atom stereocenters. The number of benzene rings is 1. The monoisotopic (exact) mass is 283 g/mol. The van der Waals surface area contributed by atoms with Gasteiger partial charge in [-0.2, -0.15) is 0 Å². The van der Waals surface area contributed by atoms with Gasteiger partial charge in [-0.25, -0.2) is 14.8 Å². The van der Waals surface area contributed by atoms with E-state index in [0.29, 0.717) is 24.0 Å². The average Bonchev–Trinajstić information content (AvgIpc) is 2.86. The number of anilines is 1. The van der Waals surface area contributed by atoms with E-state index >= 15 is 0 Å². The van der Waals surface area contributed by atoms with Crippen LogP contribution in [0.1, 0.15) is 21.9 Å². The molecule has 106 valence electrons. The molecule has 0 fully saturated rings. The van der Waals surface area contributed by atoms with Crippen molar-refractivity contribution in [1.29, 1.82) is 0 Å². The van der Waals surface area contributed by atoms with Crippen molar-refractivity contribution in [2.45, 2.75) is 13.5 Å². The zero-order valence-corrected chi connectivity index (χ0v) is 11.3. The van der Waals surface area contributed by atoms with Gasteiger partial charge in [-0.05, 0) is 19.1 Å². The first kappa shape index (κ1) is 13.1. The highest BCUT2D eigenvalue weighted by Gasteiger charge is 2.13. The Morgan fingerprint density at radius 3 is 2.95 bits per heavy atom. The lowest BCUT2D eigenvalue weighted by atomic mass is 10.2. The summed E-state index contributed by atoms with van der Waals surface area (Å²) in [4.78, 5) is 19.5. The Hall–Kier alpha value is -2.89. The first-order chi connectivity index (χ1) is 10.1. The lowest BCUT2D eigenvalue weighted by molar-refractivity contribution is 0.0695. The quantitative estimate of drug-likeness (QED) is 0.765. The van der Waals surface area contributed by atoms with Crippen LogP contribution in [-0.4, -0.2) is 21.0 Å². The number of aromatic nitrogens is 2. The molecule has 2 aromatic heterocycles. The van der Waals surface area contributed by atoms with Crippen LogP contribution >= 0.6 is 0 Å². The second-order valence-corrected chi connectivity index (χ2v) is 4.59. The van der Waals surface area contributed by atoms with Gasteiger partial charge in [0.2, 0.25) is 5.95 Å². The molecule has 0 amide bonds. The summed E-state index contributed by atoms with van der Waals surface area (Å²) in [6, 6.07) is 9.19. The maximum atomic E-state index is 11.0. The molecule has 0 bridgehead atoms. The van der Waals surface area contributed by atoms with E-state index in [1.54, 1.807) is 13.1 Å². The van der Waals surface area contributed by atoms with E-state index in [-0.39, 0.29) is 5.56 Å². The average molecular weight is 283 g/mol. The summed E-state index contributed by atoms with van der Waals surface area (Å²) in [6.07, 6.45) is 1.74. The fourth-order valence-electron chi connectivity index (χ4n) is 2.07. The maximum absolute atomic E-state index is 11.0. The van der Waals surface area contributed by atoms with Crippen LogP contribution in [0.25, 0.3) is 10.9 Å². The highest BCUT2D eigenvalue weighted by atomic mass is 16.4. The minimum atomic E-state index is -0.996. The zero-order chi connectivity index (χ0) is 14.8. The number of hydrogen-bond acceptors (Lipinski definition) is 5. The summed E-state index contributed by atoms with van der Waals surface area (Å²) in [7, 11) is 0. The summed E-state index contributed by atoms with van der Waals surface area (Å²) in [6.45, 7) is 1.95. The highest BCUT2D eigenvalue weighted by Crippen LogP contribution is 2.16. The molecule has 0 aliphatic carbocycles. The van der Waals surface area contributed by atoms with Crippen LogP contribution < -0.4 is 5.32 Å². The molecule has 0 aliphatic heterocycles. The van der Waals surface area contributed by atoms with Gasteiger partial charge < -0.3 is 14.8 Å². The van der Waals surface area contributed by atoms with Crippen LogP contribution in [0, 0.1) is 6.92 Å². The van der Waals surface area contributed by atoms with Gasteiger partial charge in [0.1, 0.15) is 17.1 Å². The van der Waals surface area contributed by atoms with Crippen molar-refractivity contribution >= 4 is 22.8 Å². The van der Waals surface area contributed by atoms with E-state index in [1.165, 1.54) is 6.07 Å². The van der Waals surface area contributed by atoms with Crippen molar-refractivity contribution in [1.82, 2.24) is 9.97 Å². The fraction of sp³-hybridized carbons (Fsp3) is 0.133. The summed E-state index contributed by atoms with van der Waals surface area (Å²) < 4.78 is 5.39. The van der Waals surface area contributed by atoms with Crippen molar-refractivity contribution < 1.29 is 14.3 Å². The predicted octanol–water partition coefficient (Wildman–Crippen LogP) is 2.84. The zero-order valence-electron chi connectivity index (χ0n) is 11.3. The van der Waals surface area contributed by atoms with Crippen LogP contribution in [-0.2, 0) is 6.54 Å². The van der Waals surface area contributed by atoms with Crippen LogP contribution in [0.5, 0.6) is 0 Å². The van der Waals surface area contributed by atoms with Gasteiger partial charge >= 0.3 is 5.97 Å². The van der Waals surface area contributed by atoms with Crippen LogP contribution in [0.3, 0.4) is 0 Å². The third-order valence-corrected chi connectivity index (χ3v) is 3.11. The molecule has 6 heteroatoms. The Kier molecular flexibility index (Phi) is 3.27. The van der Waals surface area contributed by atoms with Gasteiger partial charge in [0.15, 0.2) is 0 Å². The topological polar surface area (TPSA) is 88.3 Å². The second kappa shape index (κ2) is 5.24. The molecule has 0 radical (unpaired) electrons. The summed E-state index contributed by atoms with van der Waals surface area (Å²) in [5.41, 5.74) is 1.02. The Labute approximate surface area is 120 Å². The molecule has 3 aromatic rings. The molecule has 1 aromatic carbocycles. The Morgan fingerprint density at radius 1 is 1.38 bits per heavy atom. The molecule has 0 aliphatic rings. The molecule has 2 heterocycles. The Bertz CT molecular complexity index is 811. The van der Waals surface area contributed by atoms with E-state index in [2.05, 4.69) is 15.3 Å². The minimum Gasteiger partial charge on any atom is -0.478 e. The first-order valence-corrected chi connectivity index (χ1v) is 6.42. The van der Waals surface area contributed by atoms with Crippen molar-refractivity contribution in [3.05, 3.63) is 53.6 Å². The number of aromatic carboxylic acids is 1. The van der Waals surface area contributed by atoms with Crippen LogP contribution in [0.4, 0.5) is 5.95 Å². The SMILES string of the molecule is Cc1oc(CNc2ncc3ccccc3n2)cc1C(=O)O. The lowest BCUT2D eigenvalue weighted by Gasteiger charge is -2.03. The van der Waals surface area contributed by atoms with Gasteiger partial charge in [-0.1, -0.05) is 18.2 Å². The number of nitrogens with zero attached hydrogens (tertiary/aromatic N) is 2. The first-order valence-electron chi connectivity index (χ1n) is 6.42. The van der Waals surface area contributed by atoms with Crippen molar-refractivity contribution in [3.8, 4) is 0 Å². The molecule has 0 saturated carbocycles. The molecular formula is C15H13N3O3. The number of fused-ring (bicyclic) bond motifs is 1. The maximum Gasteiger partial charge on any atom is 0.339 e. The molecule has 2 N–H and O–H groups in total. The van der Waals surface area contributed by atoms with Gasteiger partial charge in [0, 0.05) is 11.6 Å². The van der Waals surface area contributed by atoms with E-state index in [0.717, 1.165) is 10.9 Å². The third kappa shape index (κ3) is 2.69. The Balaban J connectivity index is 1.77. The van der Waals surface area contributed by atoms with E-state index in [1.807, 2.05) is 24.3 Å². The lowest BCUT2D eigenvalue weighted by Crippen LogP contribution is -2.02. The number of rotatable bonds is 4. The number of aryl methyl sites for hydroxylation is 1. The van der Waals surface area contributed by atoms with Gasteiger partial charge in [0.05, 0.1) is 12.1 Å². The number of carboxylic acids is 1. The van der Waals surface area contributed by atoms with Crippen molar-refractivity contribution in [2.24, 2.45) is 0 Å². The summed E-state index contributed by atoms with van der Waals surface area (Å²) in [5.74, 6) is 0.393. The molecule has 6 nitrogen and oxygen atoms in total. The number of para-hydroxylation sites is 1. The molecule has 21 heavy (non-hydrogen) atoms. The van der Waals surface area contributed by atoms with Gasteiger partial charge in [0.25, 0.3) is 0 Å². The highest BCUT2D eigenvalue weighted by molar-refractivity contribution is 5.88. The number of carboxylic acid groups (broad SMARTS) is 1.